The Morgan fingerprint density at radius 2 is 2.50 bits per heavy atom. The zero-order valence-electron chi connectivity index (χ0n) is 4.66. The number of carbonyl (C=O) groups excluding carboxylic acids is 1. The van der Waals surface area contributed by atoms with Gasteiger partial charge in [0.1, 0.15) is 0 Å². The fourth-order valence-electron chi connectivity index (χ4n) is 0.526. The lowest BCUT2D eigenvalue weighted by Crippen LogP contribution is -2.20. The van der Waals surface area contributed by atoms with Crippen molar-refractivity contribution in [2.45, 2.75) is 6.92 Å². The SMILES string of the molecule is CC(=O)N1CCN=N1. The molecule has 1 rings (SSSR count). The van der Waals surface area contributed by atoms with Crippen molar-refractivity contribution in [3.8, 4) is 0 Å². The van der Waals surface area contributed by atoms with Gasteiger partial charge in [-0.15, -0.1) is 0 Å². The third-order valence-electron chi connectivity index (χ3n) is 0.947. The predicted molar refractivity (Wildman–Crippen MR) is 27.1 cm³/mol. The van der Waals surface area contributed by atoms with Crippen LogP contribution in [0.2, 0.25) is 0 Å². The zero-order valence-corrected chi connectivity index (χ0v) is 4.66. The molecule has 44 valence electrons. The van der Waals surface area contributed by atoms with Crippen LogP contribution in [0.15, 0.2) is 10.3 Å². The van der Waals surface area contributed by atoms with Crippen molar-refractivity contribution < 1.29 is 4.79 Å². The van der Waals surface area contributed by atoms with E-state index in [1.807, 2.05) is 0 Å². The van der Waals surface area contributed by atoms with Crippen molar-refractivity contribution in [1.82, 2.24) is 5.01 Å². The van der Waals surface area contributed by atoms with Crippen LogP contribution in [0.25, 0.3) is 0 Å². The lowest BCUT2D eigenvalue weighted by atomic mass is 10.6. The molecule has 0 saturated heterocycles. The molecule has 0 saturated carbocycles. The molecule has 1 amide bonds. The normalized spacial score (nSPS) is 17.4. The molecule has 1 heterocycles. The summed E-state index contributed by atoms with van der Waals surface area (Å²) in [5.74, 6) is -0.0359. The summed E-state index contributed by atoms with van der Waals surface area (Å²) in [7, 11) is 0. The standard InChI is InChI=1S/C4H7N3O/c1-4(8)7-3-2-5-6-7/h2-3H2,1H3. The molecule has 1 aliphatic rings. The molecule has 0 bridgehead atoms. The molecule has 0 atom stereocenters. The van der Waals surface area contributed by atoms with Crippen LogP contribution in [0.4, 0.5) is 0 Å². The quantitative estimate of drug-likeness (QED) is 0.443. The first-order valence-corrected chi connectivity index (χ1v) is 2.46. The van der Waals surface area contributed by atoms with Crippen molar-refractivity contribution in [3.05, 3.63) is 0 Å². The van der Waals surface area contributed by atoms with Gasteiger partial charge in [-0.05, 0) is 0 Å². The van der Waals surface area contributed by atoms with Gasteiger partial charge in [0, 0.05) is 6.92 Å². The Hall–Kier alpha value is -0.930. The average molecular weight is 113 g/mol. The number of hydrogen-bond donors (Lipinski definition) is 0. The maximum absolute atomic E-state index is 10.4. The first-order chi connectivity index (χ1) is 3.80. The van der Waals surface area contributed by atoms with E-state index < -0.39 is 0 Å². The monoisotopic (exact) mass is 113 g/mol. The Morgan fingerprint density at radius 1 is 1.75 bits per heavy atom. The minimum Gasteiger partial charge on any atom is -0.273 e. The predicted octanol–water partition coefficient (Wildman–Crippen LogP) is 0.216. The van der Waals surface area contributed by atoms with E-state index >= 15 is 0 Å². The summed E-state index contributed by atoms with van der Waals surface area (Å²) in [6.45, 7) is 2.78. The van der Waals surface area contributed by atoms with E-state index in [0.29, 0.717) is 13.1 Å². The molecule has 0 aromatic rings. The van der Waals surface area contributed by atoms with Gasteiger partial charge in [-0.2, -0.15) is 5.11 Å². The maximum Gasteiger partial charge on any atom is 0.240 e. The van der Waals surface area contributed by atoms with Crippen LogP contribution in [0.1, 0.15) is 6.92 Å². The second-order valence-corrected chi connectivity index (χ2v) is 1.60. The second-order valence-electron chi connectivity index (χ2n) is 1.60. The summed E-state index contributed by atoms with van der Waals surface area (Å²) < 4.78 is 0. The van der Waals surface area contributed by atoms with E-state index in [0.717, 1.165) is 0 Å². The van der Waals surface area contributed by atoms with Crippen LogP contribution in [-0.4, -0.2) is 24.0 Å². The molecule has 4 heteroatoms. The van der Waals surface area contributed by atoms with Crippen molar-refractivity contribution in [1.29, 1.82) is 0 Å². The van der Waals surface area contributed by atoms with Crippen molar-refractivity contribution in [2.75, 3.05) is 13.1 Å². The highest BCUT2D eigenvalue weighted by Crippen LogP contribution is 1.98. The Kier molecular flexibility index (Phi) is 1.24. The molecule has 0 N–H and O–H groups in total. The van der Waals surface area contributed by atoms with Crippen LogP contribution in [0.3, 0.4) is 0 Å². The Labute approximate surface area is 47.2 Å². The van der Waals surface area contributed by atoms with Gasteiger partial charge in [0.15, 0.2) is 0 Å². The largest absolute Gasteiger partial charge is 0.273 e. The molecule has 4 nitrogen and oxygen atoms in total. The summed E-state index contributed by atoms with van der Waals surface area (Å²) in [6, 6.07) is 0. The van der Waals surface area contributed by atoms with Gasteiger partial charge < -0.3 is 0 Å². The fourth-order valence-corrected chi connectivity index (χ4v) is 0.526. The zero-order chi connectivity index (χ0) is 5.98. The fraction of sp³-hybridized carbons (Fsp3) is 0.750. The van der Waals surface area contributed by atoms with Gasteiger partial charge in [0.05, 0.1) is 13.1 Å². The molecule has 0 unspecified atom stereocenters. The summed E-state index contributed by atoms with van der Waals surface area (Å²) in [5.41, 5.74) is 0. The lowest BCUT2D eigenvalue weighted by Gasteiger charge is -2.02. The molecule has 1 aliphatic heterocycles. The number of nitrogens with zero attached hydrogens (tertiary/aromatic N) is 3. The van der Waals surface area contributed by atoms with Crippen molar-refractivity contribution in [3.63, 3.8) is 0 Å². The van der Waals surface area contributed by atoms with Crippen LogP contribution in [0.5, 0.6) is 0 Å². The molecule has 8 heavy (non-hydrogen) atoms. The summed E-state index contributed by atoms with van der Waals surface area (Å²) in [4.78, 5) is 10.4. The number of carbonyl (C=O) groups is 1. The van der Waals surface area contributed by atoms with Crippen molar-refractivity contribution >= 4 is 5.91 Å². The highest BCUT2D eigenvalue weighted by Gasteiger charge is 2.09. The van der Waals surface area contributed by atoms with Crippen LogP contribution >= 0.6 is 0 Å². The molecule has 0 fully saturated rings. The van der Waals surface area contributed by atoms with E-state index in [9.17, 15) is 4.79 Å². The topological polar surface area (TPSA) is 45.0 Å². The molecule has 0 spiro atoms. The van der Waals surface area contributed by atoms with Gasteiger partial charge in [0.2, 0.25) is 5.91 Å². The summed E-state index contributed by atoms with van der Waals surface area (Å²) >= 11 is 0. The molecule has 0 aromatic heterocycles. The number of amides is 1. The lowest BCUT2D eigenvalue weighted by molar-refractivity contribution is -0.128. The van der Waals surface area contributed by atoms with E-state index in [4.69, 9.17) is 0 Å². The van der Waals surface area contributed by atoms with Gasteiger partial charge in [-0.3, -0.25) is 4.79 Å². The van der Waals surface area contributed by atoms with Crippen LogP contribution in [-0.2, 0) is 4.79 Å². The highest BCUT2D eigenvalue weighted by atomic mass is 16.2. The summed E-state index contributed by atoms with van der Waals surface area (Å²) in [5, 5.41) is 8.51. The average Bonchev–Trinajstić information content (AvgIpc) is 2.12. The van der Waals surface area contributed by atoms with Crippen LogP contribution < -0.4 is 0 Å². The minimum atomic E-state index is -0.0359. The van der Waals surface area contributed by atoms with Crippen molar-refractivity contribution in [2.24, 2.45) is 10.3 Å². The first kappa shape index (κ1) is 5.21. The third kappa shape index (κ3) is 0.828. The van der Waals surface area contributed by atoms with Gasteiger partial charge >= 0.3 is 0 Å². The highest BCUT2D eigenvalue weighted by molar-refractivity contribution is 5.72. The van der Waals surface area contributed by atoms with Gasteiger partial charge in [0.25, 0.3) is 0 Å². The Balaban J connectivity index is 2.48. The van der Waals surface area contributed by atoms with E-state index in [2.05, 4.69) is 10.3 Å². The molecule has 0 aliphatic carbocycles. The smallest absolute Gasteiger partial charge is 0.240 e. The number of hydrogen-bond acceptors (Lipinski definition) is 3. The third-order valence-corrected chi connectivity index (χ3v) is 0.947. The number of rotatable bonds is 0. The molecular formula is C4H7N3O. The summed E-state index contributed by atoms with van der Waals surface area (Å²) in [6.07, 6.45) is 0. The maximum atomic E-state index is 10.4. The van der Waals surface area contributed by atoms with Crippen LogP contribution in [0, 0.1) is 0 Å². The Bertz CT molecular complexity index is 131. The molecule has 0 aromatic carbocycles. The van der Waals surface area contributed by atoms with E-state index in [-0.39, 0.29) is 5.91 Å². The van der Waals surface area contributed by atoms with Gasteiger partial charge in [-0.25, -0.2) is 5.01 Å². The second kappa shape index (κ2) is 1.90. The minimum absolute atomic E-state index is 0.0359. The van der Waals surface area contributed by atoms with Gasteiger partial charge in [-0.1, -0.05) is 5.22 Å². The molecule has 0 radical (unpaired) electrons. The van der Waals surface area contributed by atoms with E-state index in [1.54, 1.807) is 0 Å². The molecular weight excluding hydrogens is 106 g/mol. The van der Waals surface area contributed by atoms with E-state index in [1.165, 1.54) is 11.9 Å². The first-order valence-electron chi connectivity index (χ1n) is 2.46. The Morgan fingerprint density at radius 3 is 2.75 bits per heavy atom.